The molecule has 1 aromatic heterocycles. The van der Waals surface area contributed by atoms with E-state index in [9.17, 15) is 0 Å². The Balaban J connectivity index is 2.74. The van der Waals surface area contributed by atoms with Crippen LogP contribution in [0.4, 0.5) is 0 Å². The zero-order valence-corrected chi connectivity index (χ0v) is 9.07. The maximum atomic E-state index is 4.15. The number of rotatable bonds is 1. The maximum absolute atomic E-state index is 4.15. The third-order valence-corrected chi connectivity index (χ3v) is 2.58. The van der Waals surface area contributed by atoms with E-state index in [-0.39, 0.29) is 0 Å². The molecule has 0 bridgehead atoms. The van der Waals surface area contributed by atoms with Crippen molar-refractivity contribution in [2.75, 3.05) is 0 Å². The molecule has 0 radical (unpaired) electrons. The average Bonchev–Trinajstić information content (AvgIpc) is 2.48. The van der Waals surface area contributed by atoms with Gasteiger partial charge in [0, 0.05) is 6.04 Å². The van der Waals surface area contributed by atoms with E-state index in [4.69, 9.17) is 0 Å². The Bertz CT molecular complexity index is 469. The standard InChI is InChI=1S/C11H15N3/c1-7(2)14-11-6-9(4)8(3)5-10(11)12-13-14/h5-7H,1-4H3. The number of aryl methyl sites for hydroxylation is 2. The minimum atomic E-state index is 0.363. The van der Waals surface area contributed by atoms with Gasteiger partial charge in [0.05, 0.1) is 5.52 Å². The van der Waals surface area contributed by atoms with Crippen molar-refractivity contribution >= 4 is 11.0 Å². The van der Waals surface area contributed by atoms with E-state index in [1.807, 2.05) is 4.68 Å². The number of aromatic nitrogens is 3. The van der Waals surface area contributed by atoms with Crippen LogP contribution in [0.2, 0.25) is 0 Å². The predicted molar refractivity (Wildman–Crippen MR) is 57.4 cm³/mol. The highest BCUT2D eigenvalue weighted by Crippen LogP contribution is 2.19. The number of hydrogen-bond acceptors (Lipinski definition) is 2. The van der Waals surface area contributed by atoms with E-state index >= 15 is 0 Å². The quantitative estimate of drug-likeness (QED) is 0.690. The van der Waals surface area contributed by atoms with Gasteiger partial charge in [-0.3, -0.25) is 0 Å². The van der Waals surface area contributed by atoms with Crippen LogP contribution >= 0.6 is 0 Å². The number of hydrogen-bond donors (Lipinski definition) is 0. The summed E-state index contributed by atoms with van der Waals surface area (Å²) < 4.78 is 1.96. The summed E-state index contributed by atoms with van der Waals surface area (Å²) in [6, 6.07) is 4.61. The van der Waals surface area contributed by atoms with E-state index in [0.29, 0.717) is 6.04 Å². The first-order valence-corrected chi connectivity index (χ1v) is 4.91. The fourth-order valence-electron chi connectivity index (χ4n) is 1.58. The molecule has 0 amide bonds. The zero-order valence-electron chi connectivity index (χ0n) is 9.07. The molecule has 0 spiro atoms. The highest BCUT2D eigenvalue weighted by molar-refractivity contribution is 5.76. The molecule has 0 unspecified atom stereocenters. The Morgan fingerprint density at radius 1 is 1.14 bits per heavy atom. The van der Waals surface area contributed by atoms with Gasteiger partial charge in [-0.05, 0) is 51.0 Å². The summed E-state index contributed by atoms with van der Waals surface area (Å²) in [6.07, 6.45) is 0. The van der Waals surface area contributed by atoms with Crippen molar-refractivity contribution in [1.82, 2.24) is 15.0 Å². The summed E-state index contributed by atoms with van der Waals surface area (Å²) >= 11 is 0. The number of benzene rings is 1. The molecule has 0 atom stereocenters. The summed E-state index contributed by atoms with van der Waals surface area (Å²) in [4.78, 5) is 0. The molecule has 1 aromatic carbocycles. The lowest BCUT2D eigenvalue weighted by Crippen LogP contribution is -2.02. The van der Waals surface area contributed by atoms with Gasteiger partial charge in [-0.1, -0.05) is 5.21 Å². The van der Waals surface area contributed by atoms with E-state index in [0.717, 1.165) is 11.0 Å². The van der Waals surface area contributed by atoms with Gasteiger partial charge in [0.2, 0.25) is 0 Å². The smallest absolute Gasteiger partial charge is 0.113 e. The van der Waals surface area contributed by atoms with Crippen LogP contribution in [0.1, 0.15) is 31.0 Å². The summed E-state index contributed by atoms with van der Waals surface area (Å²) in [5.41, 5.74) is 4.68. The second-order valence-corrected chi connectivity index (χ2v) is 4.05. The van der Waals surface area contributed by atoms with Crippen LogP contribution in [-0.2, 0) is 0 Å². The highest BCUT2D eigenvalue weighted by Gasteiger charge is 2.08. The monoisotopic (exact) mass is 189 g/mol. The summed E-state index contributed by atoms with van der Waals surface area (Å²) in [5, 5.41) is 8.30. The minimum absolute atomic E-state index is 0.363. The van der Waals surface area contributed by atoms with Crippen molar-refractivity contribution in [2.45, 2.75) is 33.7 Å². The minimum Gasteiger partial charge on any atom is -0.242 e. The van der Waals surface area contributed by atoms with E-state index in [1.54, 1.807) is 0 Å². The lowest BCUT2D eigenvalue weighted by molar-refractivity contribution is 0.530. The van der Waals surface area contributed by atoms with E-state index in [1.165, 1.54) is 11.1 Å². The molecule has 0 saturated carbocycles. The number of nitrogens with zero attached hydrogens (tertiary/aromatic N) is 3. The fraction of sp³-hybridized carbons (Fsp3) is 0.455. The van der Waals surface area contributed by atoms with Crippen LogP contribution in [0.5, 0.6) is 0 Å². The van der Waals surface area contributed by atoms with Crippen molar-refractivity contribution in [3.8, 4) is 0 Å². The van der Waals surface area contributed by atoms with Gasteiger partial charge in [0.15, 0.2) is 0 Å². The first kappa shape index (κ1) is 9.19. The third-order valence-electron chi connectivity index (χ3n) is 2.58. The maximum Gasteiger partial charge on any atom is 0.113 e. The van der Waals surface area contributed by atoms with Crippen LogP contribution in [0.25, 0.3) is 11.0 Å². The molecule has 14 heavy (non-hydrogen) atoms. The molecular weight excluding hydrogens is 174 g/mol. The lowest BCUT2D eigenvalue weighted by atomic mass is 10.1. The van der Waals surface area contributed by atoms with E-state index in [2.05, 4.69) is 50.1 Å². The highest BCUT2D eigenvalue weighted by atomic mass is 15.4. The van der Waals surface area contributed by atoms with Crippen molar-refractivity contribution in [3.63, 3.8) is 0 Å². The van der Waals surface area contributed by atoms with Gasteiger partial charge in [0.1, 0.15) is 5.52 Å². The number of fused-ring (bicyclic) bond motifs is 1. The van der Waals surface area contributed by atoms with Crippen molar-refractivity contribution in [1.29, 1.82) is 0 Å². The summed E-state index contributed by atoms with van der Waals surface area (Å²) in [7, 11) is 0. The molecule has 2 rings (SSSR count). The largest absolute Gasteiger partial charge is 0.242 e. The summed E-state index contributed by atoms with van der Waals surface area (Å²) in [5.74, 6) is 0. The van der Waals surface area contributed by atoms with Crippen molar-refractivity contribution < 1.29 is 0 Å². The Morgan fingerprint density at radius 2 is 1.79 bits per heavy atom. The summed E-state index contributed by atoms with van der Waals surface area (Å²) in [6.45, 7) is 8.45. The topological polar surface area (TPSA) is 30.7 Å². The van der Waals surface area contributed by atoms with Crippen LogP contribution in [0.3, 0.4) is 0 Å². The molecule has 0 N–H and O–H groups in total. The predicted octanol–water partition coefficient (Wildman–Crippen LogP) is 2.63. The fourth-order valence-corrected chi connectivity index (χ4v) is 1.58. The molecule has 0 aliphatic carbocycles. The first-order chi connectivity index (χ1) is 6.59. The molecular formula is C11H15N3. The van der Waals surface area contributed by atoms with E-state index < -0.39 is 0 Å². The Labute approximate surface area is 83.7 Å². The van der Waals surface area contributed by atoms with Gasteiger partial charge >= 0.3 is 0 Å². The van der Waals surface area contributed by atoms with Gasteiger partial charge in [-0.25, -0.2) is 4.68 Å². The van der Waals surface area contributed by atoms with Crippen LogP contribution < -0.4 is 0 Å². The average molecular weight is 189 g/mol. The Morgan fingerprint density at radius 3 is 2.43 bits per heavy atom. The molecule has 0 saturated heterocycles. The van der Waals surface area contributed by atoms with Crippen LogP contribution in [0.15, 0.2) is 12.1 Å². The molecule has 2 aromatic rings. The molecule has 0 fully saturated rings. The van der Waals surface area contributed by atoms with Crippen molar-refractivity contribution in [3.05, 3.63) is 23.3 Å². The van der Waals surface area contributed by atoms with Gasteiger partial charge in [0.25, 0.3) is 0 Å². The molecule has 1 heterocycles. The second-order valence-electron chi connectivity index (χ2n) is 4.05. The molecule has 0 aliphatic rings. The first-order valence-electron chi connectivity index (χ1n) is 4.91. The molecule has 3 nitrogen and oxygen atoms in total. The molecule has 74 valence electrons. The Hall–Kier alpha value is -1.38. The lowest BCUT2D eigenvalue weighted by Gasteiger charge is -2.06. The zero-order chi connectivity index (χ0) is 10.3. The van der Waals surface area contributed by atoms with Crippen molar-refractivity contribution in [2.24, 2.45) is 0 Å². The van der Waals surface area contributed by atoms with Gasteiger partial charge in [-0.2, -0.15) is 0 Å². The van der Waals surface area contributed by atoms with Gasteiger partial charge < -0.3 is 0 Å². The van der Waals surface area contributed by atoms with Crippen LogP contribution in [0, 0.1) is 13.8 Å². The SMILES string of the molecule is Cc1cc2nnn(C(C)C)c2cc1C. The van der Waals surface area contributed by atoms with Gasteiger partial charge in [-0.15, -0.1) is 5.10 Å². The third kappa shape index (κ3) is 1.29. The Kier molecular flexibility index (Phi) is 2.02. The van der Waals surface area contributed by atoms with Crippen LogP contribution in [-0.4, -0.2) is 15.0 Å². The second kappa shape index (κ2) is 3.08. The molecule has 3 heteroatoms. The molecule has 0 aliphatic heterocycles. The normalized spacial score (nSPS) is 11.5.